The van der Waals surface area contributed by atoms with Crippen LogP contribution in [0.4, 0.5) is 10.5 Å². The highest BCUT2D eigenvalue weighted by Crippen LogP contribution is 2.13. The Balaban J connectivity index is 1.94. The quantitative estimate of drug-likeness (QED) is 0.441. The summed E-state index contributed by atoms with van der Waals surface area (Å²) in [4.78, 5) is 39.2. The van der Waals surface area contributed by atoms with Gasteiger partial charge in [0.1, 0.15) is 11.6 Å². The second-order valence-electron chi connectivity index (χ2n) is 6.13. The van der Waals surface area contributed by atoms with Gasteiger partial charge in [0.2, 0.25) is 0 Å². The zero-order valence-electron chi connectivity index (χ0n) is 16.5. The van der Waals surface area contributed by atoms with Crippen molar-refractivity contribution in [2.45, 2.75) is 13.8 Å². The summed E-state index contributed by atoms with van der Waals surface area (Å²) < 4.78 is 9.88. The fraction of sp³-hybridized carbons (Fsp3) is 0.400. The van der Waals surface area contributed by atoms with Crippen LogP contribution >= 0.6 is 0 Å². The number of piperazine rings is 1. The fourth-order valence-corrected chi connectivity index (χ4v) is 2.67. The number of anilines is 1. The molecule has 0 saturated carbocycles. The first-order valence-electron chi connectivity index (χ1n) is 9.34. The van der Waals surface area contributed by atoms with Gasteiger partial charge in [-0.25, -0.2) is 9.59 Å². The van der Waals surface area contributed by atoms with Crippen LogP contribution in [0.1, 0.15) is 24.2 Å². The van der Waals surface area contributed by atoms with Crippen molar-refractivity contribution in [1.29, 1.82) is 5.26 Å². The molecule has 1 N–H and O–H groups in total. The molecule has 0 aliphatic carbocycles. The highest BCUT2D eigenvalue weighted by molar-refractivity contribution is 6.06. The third-order valence-electron chi connectivity index (χ3n) is 4.17. The first-order chi connectivity index (χ1) is 14.0. The number of carbonyl (C=O) groups excluding carboxylic acids is 3. The molecule has 0 radical (unpaired) electrons. The highest BCUT2D eigenvalue weighted by Gasteiger charge is 2.21. The zero-order chi connectivity index (χ0) is 21.2. The number of rotatable bonds is 6. The van der Waals surface area contributed by atoms with Crippen molar-refractivity contribution in [3.8, 4) is 6.07 Å². The molecule has 29 heavy (non-hydrogen) atoms. The van der Waals surface area contributed by atoms with Crippen molar-refractivity contribution < 1.29 is 23.9 Å². The molecule has 1 saturated heterocycles. The number of hydrogen-bond acceptors (Lipinski definition) is 7. The van der Waals surface area contributed by atoms with E-state index >= 15 is 0 Å². The van der Waals surface area contributed by atoms with Gasteiger partial charge in [-0.1, -0.05) is 0 Å². The predicted molar refractivity (Wildman–Crippen MR) is 105 cm³/mol. The van der Waals surface area contributed by atoms with E-state index in [4.69, 9.17) is 9.47 Å². The topological polar surface area (TPSA) is 112 Å². The van der Waals surface area contributed by atoms with E-state index < -0.39 is 11.9 Å². The number of carbonyl (C=O) groups is 3. The van der Waals surface area contributed by atoms with Gasteiger partial charge in [-0.2, -0.15) is 5.26 Å². The van der Waals surface area contributed by atoms with E-state index in [-0.39, 0.29) is 18.3 Å². The van der Waals surface area contributed by atoms with Crippen LogP contribution in [-0.2, 0) is 14.3 Å². The molecule has 9 heteroatoms. The number of esters is 1. The summed E-state index contributed by atoms with van der Waals surface area (Å²) in [6, 6.07) is 8.11. The van der Waals surface area contributed by atoms with Gasteiger partial charge in [-0.05, 0) is 38.1 Å². The lowest BCUT2D eigenvalue weighted by Crippen LogP contribution is -2.47. The average molecular weight is 400 g/mol. The molecule has 0 aromatic heterocycles. The van der Waals surface area contributed by atoms with Crippen LogP contribution in [0.3, 0.4) is 0 Å². The summed E-state index contributed by atoms with van der Waals surface area (Å²) in [6.45, 7) is 5.95. The number of amides is 2. The van der Waals surface area contributed by atoms with Gasteiger partial charge < -0.3 is 24.6 Å². The summed E-state index contributed by atoms with van der Waals surface area (Å²) in [5.74, 6) is -0.992. The second kappa shape index (κ2) is 10.7. The molecule has 1 fully saturated rings. The highest BCUT2D eigenvalue weighted by atomic mass is 16.6. The van der Waals surface area contributed by atoms with Crippen molar-refractivity contribution in [3.05, 3.63) is 41.6 Å². The summed E-state index contributed by atoms with van der Waals surface area (Å²) in [6.07, 6.45) is 1.13. The number of nitrogens with one attached hydrogen (secondary N) is 1. The Morgan fingerprint density at radius 3 is 2.24 bits per heavy atom. The first-order valence-corrected chi connectivity index (χ1v) is 9.34. The summed E-state index contributed by atoms with van der Waals surface area (Å²) >= 11 is 0. The minimum Gasteiger partial charge on any atom is -0.462 e. The molecule has 1 aromatic rings. The number of hydrogen-bond donors (Lipinski definition) is 1. The summed E-state index contributed by atoms with van der Waals surface area (Å²) in [5.41, 5.74) is 0.778. The first kappa shape index (κ1) is 21.8. The van der Waals surface area contributed by atoms with Gasteiger partial charge in [0, 0.05) is 38.1 Å². The van der Waals surface area contributed by atoms with Crippen molar-refractivity contribution in [2.75, 3.05) is 44.7 Å². The van der Waals surface area contributed by atoms with Crippen LogP contribution in [0.2, 0.25) is 0 Å². The van der Waals surface area contributed by atoms with Crippen molar-refractivity contribution >= 4 is 23.7 Å². The van der Waals surface area contributed by atoms with Gasteiger partial charge in [-0.3, -0.25) is 4.79 Å². The fourth-order valence-electron chi connectivity index (χ4n) is 2.67. The zero-order valence-corrected chi connectivity index (χ0v) is 16.5. The van der Waals surface area contributed by atoms with Gasteiger partial charge in [0.15, 0.2) is 0 Å². The van der Waals surface area contributed by atoms with E-state index in [9.17, 15) is 19.6 Å². The average Bonchev–Trinajstić information content (AvgIpc) is 2.73. The van der Waals surface area contributed by atoms with Gasteiger partial charge in [0.05, 0.1) is 18.8 Å². The minimum absolute atomic E-state index is 0.0518. The Labute approximate surface area is 169 Å². The van der Waals surface area contributed by atoms with Crippen LogP contribution in [-0.4, -0.2) is 67.2 Å². The normalized spacial score (nSPS) is 14.0. The maximum Gasteiger partial charge on any atom is 0.409 e. The Hall–Kier alpha value is -3.54. The molecule has 0 unspecified atom stereocenters. The molecule has 1 aliphatic heterocycles. The Morgan fingerprint density at radius 2 is 1.69 bits per heavy atom. The molecule has 1 aromatic carbocycles. The largest absolute Gasteiger partial charge is 0.462 e. The Bertz CT molecular complexity index is 805. The lowest BCUT2D eigenvalue weighted by molar-refractivity contribution is -0.112. The monoisotopic (exact) mass is 400 g/mol. The van der Waals surface area contributed by atoms with E-state index in [0.29, 0.717) is 44.0 Å². The molecular weight excluding hydrogens is 376 g/mol. The number of nitrogens with zero attached hydrogens (tertiary/aromatic N) is 3. The predicted octanol–water partition coefficient (Wildman–Crippen LogP) is 1.98. The summed E-state index contributed by atoms with van der Waals surface area (Å²) in [7, 11) is 0. The van der Waals surface area contributed by atoms with Crippen molar-refractivity contribution in [1.82, 2.24) is 9.80 Å². The van der Waals surface area contributed by atoms with Crippen LogP contribution in [0, 0.1) is 11.3 Å². The van der Waals surface area contributed by atoms with E-state index in [0.717, 1.165) is 0 Å². The van der Waals surface area contributed by atoms with E-state index in [1.165, 1.54) is 18.3 Å². The second-order valence-corrected chi connectivity index (χ2v) is 6.13. The van der Waals surface area contributed by atoms with E-state index in [1.807, 2.05) is 11.0 Å². The lowest BCUT2D eigenvalue weighted by atomic mass is 10.2. The van der Waals surface area contributed by atoms with E-state index in [2.05, 4.69) is 5.32 Å². The van der Waals surface area contributed by atoms with E-state index in [1.54, 1.807) is 30.9 Å². The van der Waals surface area contributed by atoms with Crippen molar-refractivity contribution in [2.24, 2.45) is 0 Å². The number of benzene rings is 1. The Kier molecular flexibility index (Phi) is 8.03. The molecule has 1 aliphatic rings. The SMILES string of the molecule is CCOC(=O)c1ccc(NC(=O)/C(C#N)=C\N2CCN(C(=O)OCC)CC2)cc1. The van der Waals surface area contributed by atoms with Gasteiger partial charge >= 0.3 is 12.1 Å². The molecule has 1 heterocycles. The third kappa shape index (κ3) is 6.24. The van der Waals surface area contributed by atoms with Gasteiger partial charge in [0.25, 0.3) is 5.91 Å². The molecule has 154 valence electrons. The number of ether oxygens (including phenoxy) is 2. The third-order valence-corrected chi connectivity index (χ3v) is 4.17. The molecule has 9 nitrogen and oxygen atoms in total. The Morgan fingerprint density at radius 1 is 1.07 bits per heavy atom. The van der Waals surface area contributed by atoms with Crippen LogP contribution in [0.15, 0.2) is 36.0 Å². The summed E-state index contributed by atoms with van der Waals surface area (Å²) in [5, 5.41) is 12.0. The van der Waals surface area contributed by atoms with Crippen molar-refractivity contribution in [3.63, 3.8) is 0 Å². The van der Waals surface area contributed by atoms with Crippen LogP contribution in [0.25, 0.3) is 0 Å². The maximum atomic E-state index is 12.4. The molecular formula is C20H24N4O5. The smallest absolute Gasteiger partial charge is 0.409 e. The molecule has 2 amide bonds. The molecule has 2 rings (SSSR count). The van der Waals surface area contributed by atoms with Gasteiger partial charge in [-0.15, -0.1) is 0 Å². The van der Waals surface area contributed by atoms with Crippen LogP contribution < -0.4 is 5.32 Å². The lowest BCUT2D eigenvalue weighted by Gasteiger charge is -2.33. The minimum atomic E-state index is -0.552. The molecule has 0 bridgehead atoms. The maximum absolute atomic E-state index is 12.4. The number of nitriles is 1. The van der Waals surface area contributed by atoms with Crippen LogP contribution in [0.5, 0.6) is 0 Å². The molecule has 0 spiro atoms. The molecule has 0 atom stereocenters. The standard InChI is InChI=1S/C20H24N4O5/c1-3-28-19(26)15-5-7-17(8-6-15)22-18(25)16(13-21)14-23-9-11-24(12-10-23)20(27)29-4-2/h5-8,14H,3-4,9-12H2,1-2H3,(H,22,25)/b16-14-.